The molecule has 0 saturated heterocycles. The van der Waals surface area contributed by atoms with Gasteiger partial charge in [0, 0.05) is 18.7 Å². The molecule has 15 N–H and O–H groups in total. The van der Waals surface area contributed by atoms with Crippen LogP contribution in [0.2, 0.25) is 0 Å². The number of unbranched alkanes of at least 4 members (excludes halogenated alkanes) is 2. The monoisotopic (exact) mass is 786 g/mol. The van der Waals surface area contributed by atoms with Gasteiger partial charge in [0.25, 0.3) is 0 Å². The SMILES string of the molecule is C=C(NCC(=O)NC(CCCN)C(=O)NCCCCCC(=O)O)C(Cc1ccccc1)NC(=O)CN.CC(C)C.Cc1ccccc1.NCCCC(N)C(N)=O. The van der Waals surface area contributed by atoms with Crippen molar-refractivity contribution in [3.8, 4) is 0 Å². The van der Waals surface area contributed by atoms with Crippen LogP contribution >= 0.6 is 0 Å². The molecule has 0 aliphatic rings. The maximum atomic E-state index is 12.6. The standard InChI is InChI=1S/C25H40N6O5.C7H8.C5H13N3O.C4H10/c1-18(21(31-22(32)16-27)15-19-9-4-2-5-10-19)29-17-23(33)30-20(11-8-13-26)25(36)28-14-7-3-6-12-24(34)35;1-7-5-3-2-4-6-7;6-3-1-2-4(7)5(8)9;1-4(2)3/h2,4-5,9-10,20-21,29H,1,3,6-8,11-17,26-27H2,(H,28,36)(H,30,33)(H,31,32)(H,34,35);2-6H,1H3;4H,1-3,6-7H2,(H2,8,9);4H,1-3H3. The average molecular weight is 786 g/mol. The Morgan fingerprint density at radius 3 is 1.75 bits per heavy atom. The third-order valence-electron chi connectivity index (χ3n) is 7.44. The molecule has 0 spiro atoms. The van der Waals surface area contributed by atoms with E-state index in [2.05, 4.69) is 67.7 Å². The first-order valence-corrected chi connectivity index (χ1v) is 19.3. The highest BCUT2D eigenvalue weighted by Gasteiger charge is 2.21. The zero-order chi connectivity index (χ0) is 42.7. The van der Waals surface area contributed by atoms with E-state index in [1.165, 1.54) is 5.56 Å². The summed E-state index contributed by atoms with van der Waals surface area (Å²) in [5.41, 5.74) is 29.1. The molecule has 3 atom stereocenters. The van der Waals surface area contributed by atoms with Gasteiger partial charge in [-0.2, -0.15) is 0 Å². The molecule has 15 heteroatoms. The highest BCUT2D eigenvalue weighted by atomic mass is 16.4. The molecule has 0 bridgehead atoms. The normalized spacial score (nSPS) is 11.7. The van der Waals surface area contributed by atoms with E-state index in [0.29, 0.717) is 70.3 Å². The number of aliphatic carboxylic acids is 1. The molecule has 0 heterocycles. The number of carbonyl (C=O) groups is 5. The number of nitrogens with two attached hydrogens (primary N) is 5. The Hall–Kier alpha value is -4.83. The minimum absolute atomic E-state index is 0.101. The van der Waals surface area contributed by atoms with E-state index < -0.39 is 35.9 Å². The minimum atomic E-state index is -0.840. The van der Waals surface area contributed by atoms with Crippen molar-refractivity contribution in [1.82, 2.24) is 21.3 Å². The summed E-state index contributed by atoms with van der Waals surface area (Å²) >= 11 is 0. The van der Waals surface area contributed by atoms with Crippen molar-refractivity contribution in [3.05, 3.63) is 84.1 Å². The van der Waals surface area contributed by atoms with Crippen molar-refractivity contribution in [2.75, 3.05) is 32.7 Å². The van der Waals surface area contributed by atoms with Crippen LogP contribution in [0, 0.1) is 12.8 Å². The molecule has 0 aliphatic carbocycles. The summed E-state index contributed by atoms with van der Waals surface area (Å²) in [6, 6.07) is 18.0. The Kier molecular flexibility index (Phi) is 33.0. The number of primary amides is 1. The fourth-order valence-electron chi connectivity index (χ4n) is 4.44. The Balaban J connectivity index is 0. The van der Waals surface area contributed by atoms with Gasteiger partial charge >= 0.3 is 5.97 Å². The van der Waals surface area contributed by atoms with Gasteiger partial charge in [-0.05, 0) is 76.4 Å². The van der Waals surface area contributed by atoms with Crippen LogP contribution in [-0.4, -0.2) is 85.6 Å². The second-order valence-electron chi connectivity index (χ2n) is 13.8. The van der Waals surface area contributed by atoms with Gasteiger partial charge in [-0.3, -0.25) is 24.0 Å². The number of amides is 4. The van der Waals surface area contributed by atoms with Gasteiger partial charge in [-0.15, -0.1) is 0 Å². The van der Waals surface area contributed by atoms with Crippen molar-refractivity contribution >= 4 is 29.6 Å². The lowest BCUT2D eigenvalue weighted by molar-refractivity contribution is -0.137. The van der Waals surface area contributed by atoms with Crippen LogP contribution in [0.4, 0.5) is 0 Å². The smallest absolute Gasteiger partial charge is 0.303 e. The first kappa shape index (κ1) is 53.3. The number of aryl methyl sites for hydroxylation is 1. The fourth-order valence-corrected chi connectivity index (χ4v) is 4.44. The molecule has 0 aromatic heterocycles. The number of hydrogen-bond donors (Lipinski definition) is 10. The highest BCUT2D eigenvalue weighted by molar-refractivity contribution is 5.88. The van der Waals surface area contributed by atoms with Crippen LogP contribution in [-0.2, 0) is 30.4 Å². The molecule has 2 aromatic rings. The molecule has 3 unspecified atom stereocenters. The van der Waals surface area contributed by atoms with Gasteiger partial charge in [0.1, 0.15) is 6.04 Å². The lowest BCUT2D eigenvalue weighted by Gasteiger charge is -2.23. The Morgan fingerprint density at radius 1 is 0.732 bits per heavy atom. The first-order valence-electron chi connectivity index (χ1n) is 19.3. The topological polar surface area (TPSA) is 284 Å². The summed E-state index contributed by atoms with van der Waals surface area (Å²) in [4.78, 5) is 57.8. The Morgan fingerprint density at radius 2 is 1.27 bits per heavy atom. The Bertz CT molecular complexity index is 1360. The summed E-state index contributed by atoms with van der Waals surface area (Å²) in [5, 5.41) is 19.9. The zero-order valence-electron chi connectivity index (χ0n) is 34.1. The predicted molar refractivity (Wildman–Crippen MR) is 225 cm³/mol. The van der Waals surface area contributed by atoms with Crippen molar-refractivity contribution in [2.24, 2.45) is 34.6 Å². The predicted octanol–water partition coefficient (Wildman–Crippen LogP) is 1.96. The molecule has 0 fully saturated rings. The third kappa shape index (κ3) is 32.6. The highest BCUT2D eigenvalue weighted by Crippen LogP contribution is 2.08. The number of carboxylic acids is 1. The van der Waals surface area contributed by atoms with Crippen LogP contribution in [0.15, 0.2) is 72.9 Å². The lowest BCUT2D eigenvalue weighted by atomic mass is 10.0. The first-order chi connectivity index (χ1) is 26.6. The van der Waals surface area contributed by atoms with Gasteiger partial charge in [-0.1, -0.05) is 100.0 Å². The van der Waals surface area contributed by atoms with Crippen molar-refractivity contribution in [3.63, 3.8) is 0 Å². The van der Waals surface area contributed by atoms with Crippen LogP contribution in [0.25, 0.3) is 0 Å². The van der Waals surface area contributed by atoms with Crippen molar-refractivity contribution in [1.29, 1.82) is 0 Å². The molecule has 316 valence electrons. The van der Waals surface area contributed by atoms with Crippen molar-refractivity contribution < 1.29 is 29.1 Å². The quantitative estimate of drug-likeness (QED) is 0.0727. The second-order valence-corrected chi connectivity index (χ2v) is 13.8. The number of hydrogen-bond acceptors (Lipinski definition) is 10. The molecule has 56 heavy (non-hydrogen) atoms. The van der Waals surface area contributed by atoms with E-state index in [0.717, 1.165) is 17.9 Å². The van der Waals surface area contributed by atoms with Crippen LogP contribution < -0.4 is 49.9 Å². The maximum absolute atomic E-state index is 12.6. The van der Waals surface area contributed by atoms with E-state index in [-0.39, 0.29) is 31.3 Å². The van der Waals surface area contributed by atoms with Crippen LogP contribution in [0.5, 0.6) is 0 Å². The van der Waals surface area contributed by atoms with E-state index >= 15 is 0 Å². The largest absolute Gasteiger partial charge is 0.481 e. The van der Waals surface area contributed by atoms with E-state index in [4.69, 9.17) is 33.8 Å². The summed E-state index contributed by atoms with van der Waals surface area (Å²) in [5.74, 6) is -1.52. The Labute approximate surface area is 334 Å². The summed E-state index contributed by atoms with van der Waals surface area (Å²) < 4.78 is 0. The molecular weight excluding hydrogens is 715 g/mol. The zero-order valence-corrected chi connectivity index (χ0v) is 34.1. The lowest BCUT2D eigenvalue weighted by Crippen LogP contribution is -2.50. The number of rotatable bonds is 23. The number of benzene rings is 2. The summed E-state index contributed by atoms with van der Waals surface area (Å²) in [6.45, 7) is 13.6. The summed E-state index contributed by atoms with van der Waals surface area (Å²) in [7, 11) is 0. The molecule has 0 aliphatic heterocycles. The third-order valence-corrected chi connectivity index (χ3v) is 7.44. The number of nitrogens with one attached hydrogen (secondary N) is 4. The molecule has 2 aromatic carbocycles. The molecule has 15 nitrogen and oxygen atoms in total. The van der Waals surface area contributed by atoms with Crippen LogP contribution in [0.3, 0.4) is 0 Å². The van der Waals surface area contributed by atoms with Gasteiger partial charge in [0.15, 0.2) is 0 Å². The van der Waals surface area contributed by atoms with Crippen molar-refractivity contribution in [2.45, 2.75) is 104 Å². The molecule has 0 radical (unpaired) electrons. The van der Waals surface area contributed by atoms with Crippen LogP contribution in [0.1, 0.15) is 83.3 Å². The maximum Gasteiger partial charge on any atom is 0.303 e. The molecule has 2 rings (SSSR count). The van der Waals surface area contributed by atoms with E-state index in [1.54, 1.807) is 0 Å². The summed E-state index contributed by atoms with van der Waals surface area (Å²) in [6.07, 6.45) is 4.73. The van der Waals surface area contributed by atoms with Gasteiger partial charge < -0.3 is 55.0 Å². The minimum Gasteiger partial charge on any atom is -0.481 e. The average Bonchev–Trinajstić information content (AvgIpc) is 3.16. The van der Waals surface area contributed by atoms with Gasteiger partial charge in [0.2, 0.25) is 23.6 Å². The molecule has 0 saturated carbocycles. The second kappa shape index (κ2) is 34.6. The van der Waals surface area contributed by atoms with E-state index in [1.807, 2.05) is 48.5 Å². The molecular formula is C41H71N9O6. The molecule has 4 amide bonds. The van der Waals surface area contributed by atoms with Gasteiger partial charge in [0.05, 0.1) is 25.2 Å². The fraction of sp³-hybridized carbons (Fsp3) is 0.537. The van der Waals surface area contributed by atoms with E-state index in [9.17, 15) is 24.0 Å². The van der Waals surface area contributed by atoms with Gasteiger partial charge in [-0.25, -0.2) is 0 Å². The number of carbonyl (C=O) groups excluding carboxylic acids is 4. The number of carboxylic acid groups (broad SMARTS) is 1.